The number of methoxy groups -OCH3 is 1. The van der Waals surface area contributed by atoms with E-state index in [1.807, 2.05) is 0 Å². The van der Waals surface area contributed by atoms with Crippen LogP contribution in [0.5, 0.6) is 5.75 Å². The second kappa shape index (κ2) is 9.13. The number of halogens is 3. The second-order valence-corrected chi connectivity index (χ2v) is 8.99. The van der Waals surface area contributed by atoms with Crippen molar-refractivity contribution in [2.24, 2.45) is 0 Å². The average molecular weight is 454 g/mol. The van der Waals surface area contributed by atoms with Crippen molar-refractivity contribution in [2.45, 2.75) is 18.0 Å². The van der Waals surface area contributed by atoms with Crippen molar-refractivity contribution < 1.29 is 17.5 Å². The van der Waals surface area contributed by atoms with E-state index in [2.05, 4.69) is 0 Å². The number of ether oxygens (including phenoxy) is 1. The number of nitrogens with zero attached hydrogens (tertiary/aromatic N) is 1. The van der Waals surface area contributed by atoms with Gasteiger partial charge in [0, 0.05) is 34.3 Å². The fraction of sp³-hybridized carbons (Fsp3) is 0.143. The van der Waals surface area contributed by atoms with Crippen LogP contribution in [0.25, 0.3) is 0 Å². The van der Waals surface area contributed by atoms with Gasteiger partial charge < -0.3 is 4.74 Å². The molecule has 0 N–H and O–H groups in total. The zero-order valence-electron chi connectivity index (χ0n) is 15.5. The maximum atomic E-state index is 13.4. The molecule has 0 aliphatic heterocycles. The summed E-state index contributed by atoms with van der Waals surface area (Å²) < 4.78 is 46.6. The molecule has 0 saturated heterocycles. The van der Waals surface area contributed by atoms with E-state index in [1.165, 1.54) is 23.5 Å². The Morgan fingerprint density at radius 3 is 2.14 bits per heavy atom. The Morgan fingerprint density at radius 1 is 0.897 bits per heavy atom. The van der Waals surface area contributed by atoms with Crippen molar-refractivity contribution in [1.29, 1.82) is 0 Å². The molecular formula is C21H18Cl2FNO3S. The molecule has 3 aromatic rings. The molecule has 0 unspecified atom stereocenters. The van der Waals surface area contributed by atoms with E-state index in [9.17, 15) is 12.8 Å². The van der Waals surface area contributed by atoms with Gasteiger partial charge in [0.2, 0.25) is 10.0 Å². The molecule has 3 aromatic carbocycles. The predicted octanol–water partition coefficient (Wildman–Crippen LogP) is 5.53. The third-order valence-electron chi connectivity index (χ3n) is 4.39. The maximum absolute atomic E-state index is 13.4. The van der Waals surface area contributed by atoms with Crippen LogP contribution in [0.3, 0.4) is 0 Å². The number of rotatable bonds is 7. The Hall–Kier alpha value is -2.12. The molecule has 0 spiro atoms. The van der Waals surface area contributed by atoms with Crippen molar-refractivity contribution in [2.75, 3.05) is 7.11 Å². The van der Waals surface area contributed by atoms with Crippen molar-refractivity contribution in [1.82, 2.24) is 4.31 Å². The van der Waals surface area contributed by atoms with E-state index in [1.54, 1.807) is 42.5 Å². The van der Waals surface area contributed by atoms with E-state index in [4.69, 9.17) is 27.9 Å². The lowest BCUT2D eigenvalue weighted by atomic mass is 10.2. The molecule has 0 aromatic heterocycles. The first-order chi connectivity index (χ1) is 13.8. The van der Waals surface area contributed by atoms with Gasteiger partial charge in [-0.05, 0) is 42.5 Å². The summed E-state index contributed by atoms with van der Waals surface area (Å²) in [6.45, 7) is -0.0401. The molecular weight excluding hydrogens is 436 g/mol. The number of sulfonamides is 1. The number of hydrogen-bond acceptors (Lipinski definition) is 3. The van der Waals surface area contributed by atoms with Gasteiger partial charge >= 0.3 is 0 Å². The second-order valence-electron chi connectivity index (χ2n) is 6.24. The summed E-state index contributed by atoms with van der Waals surface area (Å²) in [6.07, 6.45) is 0. The largest absolute Gasteiger partial charge is 0.496 e. The number of para-hydroxylation sites is 1. The third-order valence-corrected chi connectivity index (χ3v) is 6.90. The third kappa shape index (κ3) is 4.90. The monoisotopic (exact) mass is 453 g/mol. The molecule has 0 amide bonds. The summed E-state index contributed by atoms with van der Waals surface area (Å²) in [7, 11) is -2.46. The minimum Gasteiger partial charge on any atom is -0.496 e. The molecule has 3 rings (SSSR count). The summed E-state index contributed by atoms with van der Waals surface area (Å²) >= 11 is 12.5. The van der Waals surface area contributed by atoms with Crippen LogP contribution < -0.4 is 4.74 Å². The van der Waals surface area contributed by atoms with Crippen LogP contribution in [0, 0.1) is 5.82 Å². The standard InChI is InChI=1S/C21H18Cl2FNO3S/c1-28-21-8-3-2-5-15(21)13-25(14-18-19(22)6-4-7-20(18)23)29(26,27)17-11-9-16(24)10-12-17/h2-12H,13-14H2,1H3. The number of benzene rings is 3. The zero-order valence-corrected chi connectivity index (χ0v) is 17.8. The summed E-state index contributed by atoms with van der Waals surface area (Å²) in [4.78, 5) is -0.0306. The fourth-order valence-electron chi connectivity index (χ4n) is 2.86. The SMILES string of the molecule is COc1ccccc1CN(Cc1c(Cl)cccc1Cl)S(=O)(=O)c1ccc(F)cc1. The van der Waals surface area contributed by atoms with Crippen molar-refractivity contribution in [3.63, 3.8) is 0 Å². The molecule has 0 saturated carbocycles. The zero-order chi connectivity index (χ0) is 21.0. The normalized spacial score (nSPS) is 11.6. The van der Waals surface area contributed by atoms with Crippen LogP contribution in [-0.4, -0.2) is 19.8 Å². The highest BCUT2D eigenvalue weighted by Gasteiger charge is 2.27. The van der Waals surface area contributed by atoms with Crippen LogP contribution in [-0.2, 0) is 23.1 Å². The summed E-state index contributed by atoms with van der Waals surface area (Å²) in [5, 5.41) is 0.716. The highest BCUT2D eigenvalue weighted by Crippen LogP contribution is 2.30. The Labute approximate surface area is 179 Å². The van der Waals surface area contributed by atoms with Crippen LogP contribution in [0.4, 0.5) is 4.39 Å². The van der Waals surface area contributed by atoms with Gasteiger partial charge in [-0.1, -0.05) is 47.5 Å². The summed E-state index contributed by atoms with van der Waals surface area (Å²) in [5.41, 5.74) is 1.15. The fourth-order valence-corrected chi connectivity index (χ4v) is 4.77. The van der Waals surface area contributed by atoms with Gasteiger partial charge in [-0.15, -0.1) is 0 Å². The summed E-state index contributed by atoms with van der Waals surface area (Å²) in [5.74, 6) is 0.0337. The van der Waals surface area contributed by atoms with Crippen LogP contribution in [0.15, 0.2) is 71.6 Å². The molecule has 0 atom stereocenters. The first-order valence-electron chi connectivity index (χ1n) is 8.63. The van der Waals surface area contributed by atoms with E-state index in [-0.39, 0.29) is 18.0 Å². The molecule has 4 nitrogen and oxygen atoms in total. The summed E-state index contributed by atoms with van der Waals surface area (Å²) in [6, 6.07) is 16.8. The van der Waals surface area contributed by atoms with Gasteiger partial charge in [-0.3, -0.25) is 0 Å². The first kappa shape index (κ1) is 21.6. The van der Waals surface area contributed by atoms with Crippen LogP contribution in [0.1, 0.15) is 11.1 Å². The quantitative estimate of drug-likeness (QED) is 0.472. The van der Waals surface area contributed by atoms with Gasteiger partial charge in [0.05, 0.1) is 12.0 Å². The highest BCUT2D eigenvalue weighted by atomic mass is 35.5. The lowest BCUT2D eigenvalue weighted by molar-refractivity contribution is 0.375. The molecule has 152 valence electrons. The van der Waals surface area contributed by atoms with Gasteiger partial charge in [-0.25, -0.2) is 12.8 Å². The topological polar surface area (TPSA) is 46.6 Å². The van der Waals surface area contributed by atoms with E-state index < -0.39 is 15.8 Å². The first-order valence-corrected chi connectivity index (χ1v) is 10.8. The molecule has 0 aliphatic carbocycles. The predicted molar refractivity (Wildman–Crippen MR) is 112 cm³/mol. The van der Waals surface area contributed by atoms with Crippen molar-refractivity contribution in [3.8, 4) is 5.75 Å². The lowest BCUT2D eigenvalue weighted by Crippen LogP contribution is -2.30. The molecule has 0 fully saturated rings. The van der Waals surface area contributed by atoms with Crippen LogP contribution >= 0.6 is 23.2 Å². The molecule has 0 aliphatic rings. The van der Waals surface area contributed by atoms with Gasteiger partial charge in [0.25, 0.3) is 0 Å². The number of hydrogen-bond donors (Lipinski definition) is 0. The van der Waals surface area contributed by atoms with E-state index in [0.717, 1.165) is 12.1 Å². The van der Waals surface area contributed by atoms with Crippen molar-refractivity contribution >= 4 is 33.2 Å². The lowest BCUT2D eigenvalue weighted by Gasteiger charge is -2.24. The average Bonchev–Trinajstić information content (AvgIpc) is 2.70. The minimum absolute atomic E-state index is 0.0191. The van der Waals surface area contributed by atoms with Crippen molar-refractivity contribution in [3.05, 3.63) is 93.7 Å². The van der Waals surface area contributed by atoms with Gasteiger partial charge in [0.1, 0.15) is 11.6 Å². The smallest absolute Gasteiger partial charge is 0.243 e. The molecule has 29 heavy (non-hydrogen) atoms. The van der Waals surface area contributed by atoms with E-state index >= 15 is 0 Å². The minimum atomic E-state index is -3.98. The molecule has 0 radical (unpaired) electrons. The van der Waals surface area contributed by atoms with Gasteiger partial charge in [0.15, 0.2) is 0 Å². The maximum Gasteiger partial charge on any atom is 0.243 e. The Kier molecular flexibility index (Phi) is 6.80. The molecule has 0 heterocycles. The Morgan fingerprint density at radius 2 is 1.52 bits per heavy atom. The Bertz CT molecular complexity index is 1080. The molecule has 0 bridgehead atoms. The van der Waals surface area contributed by atoms with Crippen LogP contribution in [0.2, 0.25) is 10.0 Å². The van der Waals surface area contributed by atoms with E-state index in [0.29, 0.717) is 26.9 Å². The van der Waals surface area contributed by atoms with Gasteiger partial charge in [-0.2, -0.15) is 4.31 Å². The highest BCUT2D eigenvalue weighted by molar-refractivity contribution is 7.89. The Balaban J connectivity index is 2.06. The molecule has 8 heteroatoms.